The molecule has 254 valence electrons. The first-order valence-electron chi connectivity index (χ1n) is 18.3. The predicted octanol–water partition coefficient (Wildman–Crippen LogP) is 9.95. The number of amides is 1. The number of benzene rings is 1. The summed E-state index contributed by atoms with van der Waals surface area (Å²) in [4.78, 5) is 25.6. The Labute approximate surface area is 270 Å². The molecular weight excluding hydrogens is 550 g/mol. The highest BCUT2D eigenvalue weighted by molar-refractivity contribution is 5.77. The van der Waals surface area contributed by atoms with E-state index in [1.165, 1.54) is 103 Å². The summed E-state index contributed by atoms with van der Waals surface area (Å²) in [7, 11) is 0. The molecule has 1 unspecified atom stereocenters. The topological polar surface area (TPSA) is 84.9 Å². The van der Waals surface area contributed by atoms with Crippen LogP contribution in [0.1, 0.15) is 174 Å². The molecule has 0 radical (unpaired) electrons. The number of esters is 1. The van der Waals surface area contributed by atoms with Crippen molar-refractivity contribution >= 4 is 11.9 Å². The maximum absolute atomic E-state index is 12.9. The molecular formula is C38H67NO5. The second-order valence-corrected chi connectivity index (χ2v) is 12.8. The van der Waals surface area contributed by atoms with E-state index in [-0.39, 0.29) is 24.9 Å². The van der Waals surface area contributed by atoms with Gasteiger partial charge in [-0.3, -0.25) is 9.59 Å². The number of rotatable bonds is 30. The van der Waals surface area contributed by atoms with Crippen LogP contribution in [0, 0.1) is 0 Å². The number of hydrogen-bond acceptors (Lipinski definition) is 5. The fourth-order valence-electron chi connectivity index (χ4n) is 5.55. The Morgan fingerprint density at radius 1 is 0.705 bits per heavy atom. The third-order valence-corrected chi connectivity index (χ3v) is 8.41. The quantitative estimate of drug-likeness (QED) is 0.0510. The molecule has 0 fully saturated rings. The zero-order valence-electron chi connectivity index (χ0n) is 28.7. The summed E-state index contributed by atoms with van der Waals surface area (Å²) in [5, 5.41) is 13.2. The number of hydrogen-bond donors (Lipinski definition) is 2. The third-order valence-electron chi connectivity index (χ3n) is 8.41. The number of aliphatic hydroxyl groups is 1. The van der Waals surface area contributed by atoms with Crippen LogP contribution < -0.4 is 5.32 Å². The monoisotopic (exact) mass is 618 g/mol. The summed E-state index contributed by atoms with van der Waals surface area (Å²) in [5.41, 5.74) is 0.954. The van der Waals surface area contributed by atoms with Crippen molar-refractivity contribution in [1.82, 2.24) is 5.32 Å². The summed E-state index contributed by atoms with van der Waals surface area (Å²) in [6.45, 7) is 6.48. The van der Waals surface area contributed by atoms with Gasteiger partial charge < -0.3 is 19.9 Å². The van der Waals surface area contributed by atoms with E-state index in [1.807, 2.05) is 30.3 Å². The molecule has 0 spiro atoms. The Bertz CT molecular complexity index is 802. The minimum absolute atomic E-state index is 0.108. The van der Waals surface area contributed by atoms with Crippen molar-refractivity contribution in [2.45, 2.75) is 193 Å². The van der Waals surface area contributed by atoms with Crippen LogP contribution in [-0.4, -0.2) is 35.4 Å². The molecule has 0 aliphatic carbocycles. The number of ether oxygens (including phenoxy) is 2. The molecule has 0 bridgehead atoms. The standard InChI is InChI=1S/C38H67NO5/c1-4-6-8-10-12-14-15-17-19-21-26-30-37(41)44-35(29-25-20-18-16-13-11-9-7-5-2)31-36(40)39-33(3)38(42)43-32-34-27-23-22-24-28-34/h22-24,27-28,33,35,38,42H,4-21,25-26,29-32H2,1-3H3,(H,39,40)/t33-,35-,38?/m1/s1. The van der Waals surface area contributed by atoms with Crippen LogP contribution in [-0.2, 0) is 25.7 Å². The van der Waals surface area contributed by atoms with Crippen molar-refractivity contribution in [3.8, 4) is 0 Å². The van der Waals surface area contributed by atoms with Crippen LogP contribution in [0.4, 0.5) is 0 Å². The van der Waals surface area contributed by atoms with Crippen LogP contribution in [0.2, 0.25) is 0 Å². The molecule has 6 nitrogen and oxygen atoms in total. The van der Waals surface area contributed by atoms with Crippen LogP contribution >= 0.6 is 0 Å². The largest absolute Gasteiger partial charge is 0.462 e. The molecule has 0 heterocycles. The molecule has 1 aromatic rings. The van der Waals surface area contributed by atoms with Crippen molar-refractivity contribution in [3.63, 3.8) is 0 Å². The summed E-state index contributed by atoms with van der Waals surface area (Å²) in [6, 6.07) is 9.05. The SMILES string of the molecule is CCCCCCCCCCCCCC(=O)O[C@H](CCCCCCCCCCC)CC(=O)N[C@H](C)C(O)OCc1ccccc1. The van der Waals surface area contributed by atoms with Gasteiger partial charge in [-0.1, -0.05) is 160 Å². The third kappa shape index (κ3) is 23.5. The maximum Gasteiger partial charge on any atom is 0.306 e. The van der Waals surface area contributed by atoms with Gasteiger partial charge >= 0.3 is 5.97 Å². The van der Waals surface area contributed by atoms with Crippen molar-refractivity contribution in [2.75, 3.05) is 0 Å². The van der Waals surface area contributed by atoms with E-state index in [2.05, 4.69) is 19.2 Å². The minimum Gasteiger partial charge on any atom is -0.462 e. The zero-order chi connectivity index (χ0) is 32.1. The highest BCUT2D eigenvalue weighted by atomic mass is 16.6. The molecule has 0 aliphatic rings. The molecule has 1 amide bonds. The van der Waals surface area contributed by atoms with Gasteiger partial charge in [-0.15, -0.1) is 0 Å². The number of aliphatic hydroxyl groups excluding tert-OH is 1. The van der Waals surface area contributed by atoms with Crippen molar-refractivity contribution in [2.24, 2.45) is 0 Å². The second-order valence-electron chi connectivity index (χ2n) is 12.8. The van der Waals surface area contributed by atoms with E-state index in [9.17, 15) is 14.7 Å². The molecule has 0 saturated heterocycles. The first kappa shape index (κ1) is 40.1. The molecule has 0 aliphatic heterocycles. The molecule has 1 rings (SSSR count). The summed E-state index contributed by atoms with van der Waals surface area (Å²) in [5.74, 6) is -0.433. The van der Waals surface area contributed by atoms with Crippen LogP contribution in [0.5, 0.6) is 0 Å². The highest BCUT2D eigenvalue weighted by Gasteiger charge is 2.22. The highest BCUT2D eigenvalue weighted by Crippen LogP contribution is 2.17. The summed E-state index contributed by atoms with van der Waals surface area (Å²) in [6.07, 6.45) is 24.2. The van der Waals surface area contributed by atoms with Crippen molar-refractivity contribution in [1.29, 1.82) is 0 Å². The molecule has 44 heavy (non-hydrogen) atoms. The lowest BCUT2D eigenvalue weighted by atomic mass is 10.0. The lowest BCUT2D eigenvalue weighted by Gasteiger charge is -2.23. The minimum atomic E-state index is -1.13. The Hall–Kier alpha value is -1.92. The number of carbonyl (C=O) groups excluding carboxylic acids is 2. The predicted molar refractivity (Wildman–Crippen MR) is 182 cm³/mol. The Kier molecular flexibility index (Phi) is 26.0. The van der Waals surface area contributed by atoms with E-state index in [4.69, 9.17) is 9.47 Å². The lowest BCUT2D eigenvalue weighted by Crippen LogP contribution is -2.43. The van der Waals surface area contributed by atoms with E-state index in [1.54, 1.807) is 6.92 Å². The molecule has 6 heteroatoms. The first-order chi connectivity index (χ1) is 21.5. The smallest absolute Gasteiger partial charge is 0.306 e. The molecule has 0 saturated carbocycles. The van der Waals surface area contributed by atoms with Gasteiger partial charge in [-0.05, 0) is 31.7 Å². The van der Waals surface area contributed by atoms with Gasteiger partial charge in [-0.2, -0.15) is 0 Å². The van der Waals surface area contributed by atoms with Crippen molar-refractivity contribution in [3.05, 3.63) is 35.9 Å². The first-order valence-corrected chi connectivity index (χ1v) is 18.3. The van der Waals surface area contributed by atoms with Gasteiger partial charge in [0.15, 0.2) is 6.29 Å². The van der Waals surface area contributed by atoms with Crippen LogP contribution in [0.15, 0.2) is 30.3 Å². The lowest BCUT2D eigenvalue weighted by molar-refractivity contribution is -0.152. The molecule has 3 atom stereocenters. The van der Waals surface area contributed by atoms with E-state index in [0.717, 1.165) is 31.2 Å². The Morgan fingerprint density at radius 2 is 1.18 bits per heavy atom. The van der Waals surface area contributed by atoms with E-state index < -0.39 is 18.4 Å². The molecule has 0 aromatic heterocycles. The Balaban J connectivity index is 2.38. The van der Waals surface area contributed by atoms with E-state index >= 15 is 0 Å². The Morgan fingerprint density at radius 3 is 1.70 bits per heavy atom. The average Bonchev–Trinajstić information content (AvgIpc) is 3.02. The zero-order valence-corrected chi connectivity index (χ0v) is 28.7. The van der Waals surface area contributed by atoms with Gasteiger partial charge in [0.05, 0.1) is 19.1 Å². The van der Waals surface area contributed by atoms with Gasteiger partial charge in [0.25, 0.3) is 0 Å². The van der Waals surface area contributed by atoms with Gasteiger partial charge in [-0.25, -0.2) is 0 Å². The number of carbonyl (C=O) groups is 2. The summed E-state index contributed by atoms with van der Waals surface area (Å²) >= 11 is 0. The molecule has 1 aromatic carbocycles. The second kappa shape index (κ2) is 28.5. The van der Waals surface area contributed by atoms with Gasteiger partial charge in [0.1, 0.15) is 6.10 Å². The van der Waals surface area contributed by atoms with Crippen LogP contribution in [0.25, 0.3) is 0 Å². The van der Waals surface area contributed by atoms with E-state index in [0.29, 0.717) is 12.8 Å². The van der Waals surface area contributed by atoms with Gasteiger partial charge in [0, 0.05) is 6.42 Å². The number of unbranched alkanes of at least 4 members (excludes halogenated alkanes) is 18. The fraction of sp³-hybridized carbons (Fsp3) is 0.789. The normalized spacial score (nSPS) is 13.4. The van der Waals surface area contributed by atoms with Gasteiger partial charge in [0.2, 0.25) is 5.91 Å². The number of nitrogens with one attached hydrogen (secondary N) is 1. The molecule has 2 N–H and O–H groups in total. The fourth-order valence-corrected chi connectivity index (χ4v) is 5.55. The maximum atomic E-state index is 12.9. The van der Waals surface area contributed by atoms with Crippen LogP contribution in [0.3, 0.4) is 0 Å². The average molecular weight is 618 g/mol. The van der Waals surface area contributed by atoms with Crippen molar-refractivity contribution < 1.29 is 24.2 Å². The summed E-state index contributed by atoms with van der Waals surface area (Å²) < 4.78 is 11.4.